The maximum absolute atomic E-state index is 13.6. The average molecular weight is 509 g/mol. The number of thiazole rings is 1. The fourth-order valence-electron chi connectivity index (χ4n) is 4.58. The molecule has 0 N–H and O–H groups in total. The number of rotatable bonds is 8. The lowest BCUT2D eigenvalue weighted by Crippen LogP contribution is -2.38. The molecule has 2 aliphatic rings. The molecular weight excluding hydrogens is 476 g/mol. The highest BCUT2D eigenvalue weighted by molar-refractivity contribution is 7.09. The maximum Gasteiger partial charge on any atom is 0.333 e. The molecule has 8 nitrogen and oxygen atoms in total. The molecule has 36 heavy (non-hydrogen) atoms. The molecule has 3 aromatic heterocycles. The van der Waals surface area contributed by atoms with Crippen LogP contribution in [0.5, 0.6) is 0 Å². The summed E-state index contributed by atoms with van der Waals surface area (Å²) in [5, 5.41) is 3.37. The van der Waals surface area contributed by atoms with Gasteiger partial charge in [-0.3, -0.25) is 9.20 Å². The second-order valence-corrected chi connectivity index (χ2v) is 10.3. The van der Waals surface area contributed by atoms with Crippen LogP contribution in [0.2, 0.25) is 0 Å². The first-order valence-electron chi connectivity index (χ1n) is 12.7. The van der Waals surface area contributed by atoms with Gasteiger partial charge in [0.05, 0.1) is 36.1 Å². The lowest BCUT2D eigenvalue weighted by molar-refractivity contribution is -0.138. The zero-order valence-electron chi connectivity index (χ0n) is 20.9. The molecule has 190 valence electrons. The van der Waals surface area contributed by atoms with E-state index in [1.54, 1.807) is 41.9 Å². The Labute approximate surface area is 214 Å². The van der Waals surface area contributed by atoms with E-state index in [1.807, 2.05) is 12.1 Å². The van der Waals surface area contributed by atoms with Crippen LogP contribution in [0.1, 0.15) is 60.9 Å². The average Bonchev–Trinajstić information content (AvgIpc) is 3.31. The maximum atomic E-state index is 13.6. The number of fused-ring (bicyclic) bond motifs is 1. The van der Waals surface area contributed by atoms with Gasteiger partial charge >= 0.3 is 5.97 Å². The molecule has 0 unspecified atom stereocenters. The third kappa shape index (κ3) is 5.22. The van der Waals surface area contributed by atoms with Crippen molar-refractivity contribution in [1.82, 2.24) is 14.4 Å². The van der Waals surface area contributed by atoms with E-state index in [9.17, 15) is 9.59 Å². The minimum Gasteiger partial charge on any atom is -0.463 e. The molecule has 1 aliphatic carbocycles. The predicted molar refractivity (Wildman–Crippen MR) is 141 cm³/mol. The van der Waals surface area contributed by atoms with Gasteiger partial charge < -0.3 is 14.4 Å². The molecule has 2 fully saturated rings. The summed E-state index contributed by atoms with van der Waals surface area (Å²) in [7, 11) is 0. The highest BCUT2D eigenvalue weighted by Gasteiger charge is 2.23. The summed E-state index contributed by atoms with van der Waals surface area (Å²) < 4.78 is 12.2. The van der Waals surface area contributed by atoms with E-state index in [-0.39, 0.29) is 12.2 Å². The fraction of sp³-hybridized carbons (Fsp3) is 0.481. The quantitative estimate of drug-likeness (QED) is 0.336. The molecule has 5 rings (SSSR count). The number of nitrogens with zero attached hydrogens (tertiary/aromatic N) is 4. The van der Waals surface area contributed by atoms with Gasteiger partial charge in [0.1, 0.15) is 11.5 Å². The van der Waals surface area contributed by atoms with E-state index in [0.29, 0.717) is 54.8 Å². The lowest BCUT2D eigenvalue weighted by Gasteiger charge is -2.29. The van der Waals surface area contributed by atoms with Crippen LogP contribution in [0.25, 0.3) is 11.7 Å². The number of ether oxygens (including phenoxy) is 2. The molecule has 1 aliphatic heterocycles. The molecule has 0 atom stereocenters. The Balaban J connectivity index is 1.45. The van der Waals surface area contributed by atoms with Gasteiger partial charge in [-0.2, -0.15) is 0 Å². The van der Waals surface area contributed by atoms with Crippen molar-refractivity contribution in [2.45, 2.75) is 51.9 Å². The molecule has 4 heterocycles. The van der Waals surface area contributed by atoms with Crippen molar-refractivity contribution in [3.05, 3.63) is 61.5 Å². The third-order valence-electron chi connectivity index (χ3n) is 6.90. The van der Waals surface area contributed by atoms with Crippen LogP contribution in [-0.2, 0) is 27.1 Å². The van der Waals surface area contributed by atoms with Crippen molar-refractivity contribution in [2.75, 3.05) is 37.8 Å². The Hall–Kier alpha value is -3.04. The Bertz CT molecular complexity index is 1340. The Kier molecular flexibility index (Phi) is 7.48. The zero-order chi connectivity index (χ0) is 25.1. The van der Waals surface area contributed by atoms with Crippen molar-refractivity contribution in [2.24, 2.45) is 0 Å². The van der Waals surface area contributed by atoms with Gasteiger partial charge in [0.15, 0.2) is 0 Å². The van der Waals surface area contributed by atoms with Crippen LogP contribution >= 0.6 is 11.3 Å². The molecular formula is C27H32N4O4S. The first-order valence-corrected chi connectivity index (χ1v) is 13.6. The number of hydrogen-bond acceptors (Lipinski definition) is 8. The molecule has 9 heteroatoms. The van der Waals surface area contributed by atoms with Gasteiger partial charge in [-0.15, -0.1) is 11.3 Å². The van der Waals surface area contributed by atoms with Crippen molar-refractivity contribution < 1.29 is 14.3 Å². The largest absolute Gasteiger partial charge is 0.463 e. The van der Waals surface area contributed by atoms with Crippen LogP contribution in [0.15, 0.2) is 34.1 Å². The summed E-state index contributed by atoms with van der Waals surface area (Å²) >= 11 is 1.74. The van der Waals surface area contributed by atoms with Crippen molar-refractivity contribution in [3.63, 3.8) is 0 Å². The standard InChI is InChI=1S/C27H32N4O4S/c1-3-35-27(33)18(2)15-21-25(30-11-13-34-14-12-30)29-23-16-19(9-10-31(23)26(21)32)7-8-24-28-22(17-36-24)20-5-4-6-20/h9-10,15-17,20H,3-8,11-14H2,1-2H3. The predicted octanol–water partition coefficient (Wildman–Crippen LogP) is 4.01. The van der Waals surface area contributed by atoms with E-state index in [0.717, 1.165) is 23.4 Å². The zero-order valence-corrected chi connectivity index (χ0v) is 21.7. The number of aryl methyl sites for hydroxylation is 2. The van der Waals surface area contributed by atoms with Gasteiger partial charge in [-0.05, 0) is 56.9 Å². The first kappa shape index (κ1) is 24.6. The van der Waals surface area contributed by atoms with Gasteiger partial charge in [0.25, 0.3) is 5.56 Å². The first-order chi connectivity index (χ1) is 17.5. The van der Waals surface area contributed by atoms with E-state index in [4.69, 9.17) is 19.4 Å². The molecule has 0 amide bonds. The van der Waals surface area contributed by atoms with Crippen molar-refractivity contribution >= 4 is 34.8 Å². The summed E-state index contributed by atoms with van der Waals surface area (Å²) in [4.78, 5) is 37.6. The van der Waals surface area contributed by atoms with Crippen molar-refractivity contribution in [1.29, 1.82) is 0 Å². The SMILES string of the molecule is CCOC(=O)C(C)=Cc1c(N2CCOCC2)nc2cc(CCc3nc(C4CCC4)cs3)ccn2c1=O. The number of morpholine rings is 1. The lowest BCUT2D eigenvalue weighted by atomic mass is 9.83. The number of aromatic nitrogens is 3. The van der Waals surface area contributed by atoms with E-state index in [1.165, 1.54) is 25.0 Å². The van der Waals surface area contributed by atoms with E-state index >= 15 is 0 Å². The minimum atomic E-state index is -0.437. The van der Waals surface area contributed by atoms with Crippen molar-refractivity contribution in [3.8, 4) is 0 Å². The number of carbonyl (C=O) groups is 1. The Morgan fingerprint density at radius 3 is 2.78 bits per heavy atom. The molecule has 0 aromatic carbocycles. The van der Waals surface area contributed by atoms with Gasteiger partial charge in [-0.25, -0.2) is 14.8 Å². The minimum absolute atomic E-state index is 0.207. The van der Waals surface area contributed by atoms with Gasteiger partial charge in [0.2, 0.25) is 0 Å². The number of esters is 1. The molecule has 0 bridgehead atoms. The number of pyridine rings is 1. The third-order valence-corrected chi connectivity index (χ3v) is 7.83. The summed E-state index contributed by atoms with van der Waals surface area (Å²) in [6, 6.07) is 3.95. The Morgan fingerprint density at radius 1 is 1.25 bits per heavy atom. The van der Waals surface area contributed by atoms with Crippen LogP contribution in [0, 0.1) is 0 Å². The van der Waals surface area contributed by atoms with Crippen LogP contribution in [0.3, 0.4) is 0 Å². The normalized spacial score (nSPS) is 16.8. The highest BCUT2D eigenvalue weighted by Crippen LogP contribution is 2.36. The Morgan fingerprint density at radius 2 is 2.06 bits per heavy atom. The van der Waals surface area contributed by atoms with Crippen LogP contribution in [-0.4, -0.2) is 53.2 Å². The van der Waals surface area contributed by atoms with Gasteiger partial charge in [-0.1, -0.05) is 6.42 Å². The molecule has 0 radical (unpaired) electrons. The number of hydrogen-bond donors (Lipinski definition) is 0. The second kappa shape index (κ2) is 10.9. The summed E-state index contributed by atoms with van der Waals surface area (Å²) in [6.07, 6.45) is 8.91. The molecule has 1 saturated carbocycles. The topological polar surface area (TPSA) is 86.0 Å². The fourth-order valence-corrected chi connectivity index (χ4v) is 5.46. The molecule has 1 saturated heterocycles. The molecule has 0 spiro atoms. The number of anilines is 1. The summed E-state index contributed by atoms with van der Waals surface area (Å²) in [5.41, 5.74) is 3.51. The highest BCUT2D eigenvalue weighted by atomic mass is 32.1. The smallest absolute Gasteiger partial charge is 0.333 e. The monoisotopic (exact) mass is 508 g/mol. The summed E-state index contributed by atoms with van der Waals surface area (Å²) in [5.74, 6) is 0.795. The van der Waals surface area contributed by atoms with Crippen LogP contribution < -0.4 is 10.5 Å². The van der Waals surface area contributed by atoms with E-state index < -0.39 is 5.97 Å². The summed E-state index contributed by atoms with van der Waals surface area (Å²) in [6.45, 7) is 6.10. The van der Waals surface area contributed by atoms with Gasteiger partial charge in [0, 0.05) is 42.6 Å². The van der Waals surface area contributed by atoms with E-state index in [2.05, 4.69) is 10.3 Å². The number of carbonyl (C=O) groups excluding carboxylic acids is 1. The van der Waals surface area contributed by atoms with Crippen LogP contribution in [0.4, 0.5) is 5.82 Å². The molecule has 3 aromatic rings. The second-order valence-electron chi connectivity index (χ2n) is 9.36.